The number of unbranched alkanes of at least 4 members (excludes halogenated alkanes) is 4. The van der Waals surface area contributed by atoms with E-state index < -0.39 is 0 Å². The van der Waals surface area contributed by atoms with Gasteiger partial charge in [-0.15, -0.1) is 69.1 Å². The normalized spacial score (nSPS) is 9.13. The van der Waals surface area contributed by atoms with Crippen molar-refractivity contribution in [3.8, 4) is 22.3 Å². The molecule has 0 aliphatic rings. The van der Waals surface area contributed by atoms with Gasteiger partial charge in [-0.2, -0.15) is 51.7 Å². The van der Waals surface area contributed by atoms with E-state index in [0.29, 0.717) is 0 Å². The van der Waals surface area contributed by atoms with Crippen LogP contribution < -0.4 is 0 Å². The topological polar surface area (TPSA) is 0 Å². The molecule has 0 unspecified atom stereocenters. The van der Waals surface area contributed by atoms with E-state index in [0.717, 1.165) is 25.7 Å². The maximum absolute atomic E-state index is 3.60. The predicted molar refractivity (Wildman–Crippen MR) is 236 cm³/mol. The average molecular weight is 778 g/mol. The Bertz CT molecular complexity index is 1480. The Morgan fingerprint density at radius 1 is 0.472 bits per heavy atom. The van der Waals surface area contributed by atoms with Crippen molar-refractivity contribution < 1.29 is 43.4 Å². The van der Waals surface area contributed by atoms with E-state index >= 15 is 0 Å². The summed E-state index contributed by atoms with van der Waals surface area (Å²) in [5, 5.41) is 5.37. The van der Waals surface area contributed by atoms with Crippen molar-refractivity contribution in [1.82, 2.24) is 0 Å². The molecule has 0 amide bonds. The van der Waals surface area contributed by atoms with Crippen molar-refractivity contribution in [1.29, 1.82) is 0 Å². The van der Waals surface area contributed by atoms with E-state index in [-0.39, 0.29) is 43.4 Å². The zero-order valence-electron chi connectivity index (χ0n) is 34.6. The fourth-order valence-electron chi connectivity index (χ4n) is 4.51. The van der Waals surface area contributed by atoms with E-state index in [4.69, 9.17) is 0 Å². The summed E-state index contributed by atoms with van der Waals surface area (Å²) in [5.41, 5.74) is 7.89. The number of rotatable bonds is 6. The van der Waals surface area contributed by atoms with Crippen molar-refractivity contribution in [2.75, 3.05) is 0 Å². The molecule has 0 heterocycles. The van der Waals surface area contributed by atoms with Crippen molar-refractivity contribution in [2.45, 2.75) is 107 Å². The quantitative estimate of drug-likeness (QED) is 0.117. The van der Waals surface area contributed by atoms with Gasteiger partial charge in [0.2, 0.25) is 0 Å². The zero-order chi connectivity index (χ0) is 38.3. The van der Waals surface area contributed by atoms with Crippen molar-refractivity contribution in [2.24, 2.45) is 0 Å². The summed E-state index contributed by atoms with van der Waals surface area (Å²) >= 11 is 0. The fourth-order valence-corrected chi connectivity index (χ4v) is 4.51. The smallest absolute Gasteiger partial charge is 0.343 e. The van der Waals surface area contributed by atoms with Crippen LogP contribution in [0.25, 0.3) is 43.8 Å². The van der Waals surface area contributed by atoms with Gasteiger partial charge in [0.1, 0.15) is 0 Å². The van der Waals surface area contributed by atoms with Crippen LogP contribution >= 0.6 is 0 Å². The Kier molecular flexibility index (Phi) is 37.8. The molecule has 281 valence electrons. The summed E-state index contributed by atoms with van der Waals surface area (Å²) in [4.78, 5) is 0. The molecule has 0 saturated carbocycles. The van der Waals surface area contributed by atoms with Crippen LogP contribution in [-0.4, -0.2) is 0 Å². The number of hydrogen-bond donors (Lipinski definition) is 0. The Balaban J connectivity index is -0.000000629. The van der Waals surface area contributed by atoms with Gasteiger partial charge in [-0.3, -0.25) is 0 Å². The monoisotopic (exact) mass is 777 g/mol. The van der Waals surface area contributed by atoms with Crippen LogP contribution in [-0.2, 0) is 43.4 Å². The maximum atomic E-state index is 3.60. The van der Waals surface area contributed by atoms with Gasteiger partial charge >= 0.3 is 43.4 Å². The minimum absolute atomic E-state index is 0. The third-order valence-corrected chi connectivity index (χ3v) is 7.37. The minimum atomic E-state index is 0. The minimum Gasteiger partial charge on any atom is -0.343 e. The van der Waals surface area contributed by atoms with Gasteiger partial charge in [0.15, 0.2) is 0 Å². The second-order valence-electron chi connectivity index (χ2n) is 12.4. The summed E-state index contributed by atoms with van der Waals surface area (Å²) in [5.74, 6) is 0. The average Bonchev–Trinajstić information content (AvgIpc) is 3.77. The summed E-state index contributed by atoms with van der Waals surface area (Å²) in [6.07, 6.45) is 11.1. The molecular formula is C51H69Ti2. The molecule has 0 N–H and O–H groups in total. The molecule has 0 nitrogen and oxygen atoms in total. The summed E-state index contributed by atoms with van der Waals surface area (Å²) < 4.78 is 0. The Labute approximate surface area is 358 Å². The molecule has 6 aromatic carbocycles. The molecule has 0 atom stereocenters. The second-order valence-corrected chi connectivity index (χ2v) is 12.4. The van der Waals surface area contributed by atoms with Gasteiger partial charge < -0.3 is 34.1 Å². The third kappa shape index (κ3) is 23.1. The summed E-state index contributed by atoms with van der Waals surface area (Å²) in [6.45, 7) is 31.2. The third-order valence-electron chi connectivity index (χ3n) is 7.37. The fraction of sp³-hybridized carbons (Fsp3) is 0.314. The number of hydrogen-bond acceptors (Lipinski definition) is 0. The standard InChI is InChI=1S/2C16H13.4C4H9.C3H7.2Ti/c2*1-12-10-14-8-5-9-15(16(14)11-12)13-6-3-2-4-7-13;4*1-3-4-2;1-3-2;;/h2*2-11H,1H3;4*1,3-4H2,2H3;3H,1-2H3;;/q7*-1;+3;+4. The first-order valence-corrected chi connectivity index (χ1v) is 19.1. The Hall–Kier alpha value is -2.47. The number of fused-ring (bicyclic) bond motifs is 2. The zero-order valence-corrected chi connectivity index (χ0v) is 37.7. The van der Waals surface area contributed by atoms with Gasteiger partial charge in [-0.05, 0) is 11.1 Å². The van der Waals surface area contributed by atoms with Crippen LogP contribution in [0.15, 0.2) is 121 Å². The van der Waals surface area contributed by atoms with E-state index in [1.54, 1.807) is 0 Å². The molecule has 1 radical (unpaired) electrons. The Morgan fingerprint density at radius 3 is 0.981 bits per heavy atom. The van der Waals surface area contributed by atoms with Crippen LogP contribution in [0.2, 0.25) is 0 Å². The molecule has 0 spiro atoms. The second kappa shape index (κ2) is 36.5. The van der Waals surface area contributed by atoms with E-state index in [1.807, 2.05) is 20.3 Å². The molecular weight excluding hydrogens is 708 g/mol. The molecule has 0 aliphatic carbocycles. The van der Waals surface area contributed by atoms with Crippen LogP contribution in [0, 0.1) is 48.0 Å². The van der Waals surface area contributed by atoms with Gasteiger partial charge in [0, 0.05) is 0 Å². The molecule has 0 fully saturated rings. The molecule has 6 rings (SSSR count). The first-order valence-electron chi connectivity index (χ1n) is 19.1. The predicted octanol–water partition coefficient (Wildman–Crippen LogP) is 16.8. The Morgan fingerprint density at radius 2 is 0.736 bits per heavy atom. The maximum Gasteiger partial charge on any atom is 4.00 e. The largest absolute Gasteiger partial charge is 4.00 e. The van der Waals surface area contributed by atoms with Gasteiger partial charge in [-0.1, -0.05) is 151 Å². The van der Waals surface area contributed by atoms with Crippen molar-refractivity contribution in [3.05, 3.63) is 167 Å². The van der Waals surface area contributed by atoms with E-state index in [1.165, 1.54) is 80.6 Å². The van der Waals surface area contributed by atoms with Crippen molar-refractivity contribution in [3.63, 3.8) is 0 Å². The van der Waals surface area contributed by atoms with E-state index in [9.17, 15) is 0 Å². The number of benzene rings is 4. The first kappa shape index (κ1) is 54.9. The molecule has 0 bridgehead atoms. The summed E-state index contributed by atoms with van der Waals surface area (Å²) in [7, 11) is 0. The van der Waals surface area contributed by atoms with Gasteiger partial charge in [-0.25, -0.2) is 0 Å². The van der Waals surface area contributed by atoms with Gasteiger partial charge in [0.25, 0.3) is 0 Å². The van der Waals surface area contributed by atoms with Gasteiger partial charge in [0.05, 0.1) is 0 Å². The van der Waals surface area contributed by atoms with E-state index in [2.05, 4.69) is 191 Å². The summed E-state index contributed by atoms with van der Waals surface area (Å²) in [6, 6.07) is 43.1. The van der Waals surface area contributed by atoms with Crippen LogP contribution in [0.4, 0.5) is 0 Å². The van der Waals surface area contributed by atoms with Crippen LogP contribution in [0.5, 0.6) is 0 Å². The molecule has 0 aliphatic heterocycles. The molecule has 0 saturated heterocycles. The molecule has 2 heteroatoms. The number of aryl methyl sites for hydroxylation is 2. The SMILES string of the molecule is C[CH-]C.Cc1cc2c(-c3ccccc3)cccc2[cH-]1.Cc1cc2c(-c3ccccc3)cccc2[cH-]1.[CH2-]CCC.[CH2-]CCC.[CH2-]CCC.[CH2-]CCC.[Ti+3].[Ti+4]. The first-order chi connectivity index (χ1) is 24.8. The van der Waals surface area contributed by atoms with Crippen LogP contribution in [0.3, 0.4) is 0 Å². The molecule has 53 heavy (non-hydrogen) atoms. The molecule has 0 aromatic heterocycles. The van der Waals surface area contributed by atoms with Crippen molar-refractivity contribution >= 4 is 21.5 Å². The van der Waals surface area contributed by atoms with Crippen LogP contribution in [0.1, 0.15) is 104 Å². The molecule has 6 aromatic rings.